The molecule has 1 aromatic rings. The first-order valence-electron chi connectivity index (χ1n) is 7.41. The molecule has 25 heavy (non-hydrogen) atoms. The highest BCUT2D eigenvalue weighted by Gasteiger charge is 2.34. The molecule has 0 fully saturated rings. The van der Waals surface area contributed by atoms with Gasteiger partial charge in [-0.05, 0) is 24.6 Å². The fourth-order valence-electron chi connectivity index (χ4n) is 2.41. The zero-order chi connectivity index (χ0) is 18.6. The summed E-state index contributed by atoms with van der Waals surface area (Å²) >= 11 is 0. The van der Waals surface area contributed by atoms with E-state index in [1.807, 2.05) is 0 Å². The molecule has 9 heteroatoms. The standard InChI is InChI=1S/C16H18F2N2O5/c1-9-3-4-11(12(7-9)25-16(17)18)19-13-10(15(23)24-2)8-20(5-6-21)14(13)22/h3-4,7,16,19,21H,5-6,8H2,1-2H3. The Morgan fingerprint density at radius 2 is 2.16 bits per heavy atom. The number of carbonyl (C=O) groups is 2. The first-order valence-corrected chi connectivity index (χ1v) is 7.41. The summed E-state index contributed by atoms with van der Waals surface area (Å²) in [7, 11) is 1.17. The van der Waals surface area contributed by atoms with Crippen LogP contribution < -0.4 is 10.1 Å². The number of methoxy groups -OCH3 is 1. The van der Waals surface area contributed by atoms with E-state index in [4.69, 9.17) is 5.11 Å². The Morgan fingerprint density at radius 3 is 2.76 bits per heavy atom. The highest BCUT2D eigenvalue weighted by Crippen LogP contribution is 2.31. The van der Waals surface area contributed by atoms with Gasteiger partial charge in [-0.2, -0.15) is 8.78 Å². The normalized spacial score (nSPS) is 14.3. The van der Waals surface area contributed by atoms with E-state index in [9.17, 15) is 18.4 Å². The Hall–Kier alpha value is -2.68. The molecule has 0 aliphatic carbocycles. The molecule has 136 valence electrons. The van der Waals surface area contributed by atoms with Crippen LogP contribution in [0.25, 0.3) is 0 Å². The van der Waals surface area contributed by atoms with Crippen molar-refractivity contribution in [1.29, 1.82) is 0 Å². The summed E-state index contributed by atoms with van der Waals surface area (Å²) in [6.45, 7) is -1.64. The second kappa shape index (κ2) is 7.93. The highest BCUT2D eigenvalue weighted by atomic mass is 19.3. The number of aliphatic hydroxyl groups is 1. The molecule has 1 aromatic carbocycles. The van der Waals surface area contributed by atoms with Gasteiger partial charge in [-0.1, -0.05) is 6.07 Å². The van der Waals surface area contributed by atoms with Gasteiger partial charge in [-0.15, -0.1) is 0 Å². The van der Waals surface area contributed by atoms with E-state index in [0.717, 1.165) is 0 Å². The predicted molar refractivity (Wildman–Crippen MR) is 84.1 cm³/mol. The summed E-state index contributed by atoms with van der Waals surface area (Å²) in [4.78, 5) is 25.6. The third kappa shape index (κ3) is 4.24. The van der Waals surface area contributed by atoms with Crippen LogP contribution >= 0.6 is 0 Å². The molecule has 7 nitrogen and oxygen atoms in total. The third-order valence-corrected chi connectivity index (χ3v) is 3.57. The van der Waals surface area contributed by atoms with Crippen molar-refractivity contribution in [3.05, 3.63) is 35.0 Å². The number of hydrogen-bond donors (Lipinski definition) is 2. The number of hydrogen-bond acceptors (Lipinski definition) is 6. The lowest BCUT2D eigenvalue weighted by Crippen LogP contribution is -2.31. The number of aliphatic hydroxyl groups excluding tert-OH is 1. The maximum Gasteiger partial charge on any atom is 0.387 e. The number of aryl methyl sites for hydroxylation is 1. The lowest BCUT2D eigenvalue weighted by molar-refractivity contribution is -0.136. The zero-order valence-electron chi connectivity index (χ0n) is 13.7. The molecule has 0 bridgehead atoms. The van der Waals surface area contributed by atoms with Crippen LogP contribution in [0.1, 0.15) is 5.56 Å². The fraction of sp³-hybridized carbons (Fsp3) is 0.375. The van der Waals surface area contributed by atoms with Crippen molar-refractivity contribution in [2.75, 3.05) is 32.1 Å². The number of halogens is 2. The van der Waals surface area contributed by atoms with E-state index < -0.39 is 18.5 Å². The molecule has 1 amide bonds. The molecule has 0 unspecified atom stereocenters. The molecule has 1 heterocycles. The van der Waals surface area contributed by atoms with Crippen LogP contribution in [0.5, 0.6) is 5.75 Å². The number of ether oxygens (including phenoxy) is 2. The largest absolute Gasteiger partial charge is 0.466 e. The van der Waals surface area contributed by atoms with Gasteiger partial charge in [0.1, 0.15) is 11.4 Å². The van der Waals surface area contributed by atoms with Crippen LogP contribution in [0.15, 0.2) is 29.5 Å². The molecule has 1 aliphatic heterocycles. The maximum atomic E-state index is 12.6. The number of nitrogens with zero attached hydrogens (tertiary/aromatic N) is 1. The number of alkyl halides is 2. The highest BCUT2D eigenvalue weighted by molar-refractivity contribution is 6.08. The van der Waals surface area contributed by atoms with Crippen molar-refractivity contribution < 1.29 is 33.0 Å². The Bertz CT molecular complexity index is 706. The summed E-state index contributed by atoms with van der Waals surface area (Å²) < 4.78 is 34.3. The number of rotatable bonds is 7. The first-order chi connectivity index (χ1) is 11.9. The van der Waals surface area contributed by atoms with E-state index in [2.05, 4.69) is 14.8 Å². The average molecular weight is 356 g/mol. The van der Waals surface area contributed by atoms with Crippen LogP contribution in [0.2, 0.25) is 0 Å². The SMILES string of the molecule is COC(=O)C1=C(Nc2ccc(C)cc2OC(F)F)C(=O)N(CCO)C1. The van der Waals surface area contributed by atoms with Gasteiger partial charge >= 0.3 is 12.6 Å². The lowest BCUT2D eigenvalue weighted by Gasteiger charge is -2.16. The van der Waals surface area contributed by atoms with E-state index >= 15 is 0 Å². The van der Waals surface area contributed by atoms with E-state index in [1.54, 1.807) is 13.0 Å². The van der Waals surface area contributed by atoms with Gasteiger partial charge in [-0.25, -0.2) is 4.79 Å². The molecule has 0 saturated carbocycles. The molecule has 0 spiro atoms. The van der Waals surface area contributed by atoms with Gasteiger partial charge in [-0.3, -0.25) is 4.79 Å². The minimum absolute atomic E-state index is 0.0266. The average Bonchev–Trinajstić information content (AvgIpc) is 2.86. The fourth-order valence-corrected chi connectivity index (χ4v) is 2.41. The van der Waals surface area contributed by atoms with Crippen molar-refractivity contribution in [2.45, 2.75) is 13.5 Å². The number of β-amino-alcohol motifs (C(OH)–C–C–N with tert-alkyl or cyclic N) is 1. The summed E-state index contributed by atoms with van der Waals surface area (Å²) in [6.07, 6.45) is 0. The molecule has 0 atom stereocenters. The second-order valence-corrected chi connectivity index (χ2v) is 5.30. The minimum Gasteiger partial charge on any atom is -0.466 e. The van der Waals surface area contributed by atoms with Crippen LogP contribution in [-0.2, 0) is 14.3 Å². The minimum atomic E-state index is -3.04. The Morgan fingerprint density at radius 1 is 1.44 bits per heavy atom. The topological polar surface area (TPSA) is 88.1 Å². The van der Waals surface area contributed by atoms with Crippen molar-refractivity contribution in [3.8, 4) is 5.75 Å². The van der Waals surface area contributed by atoms with Crippen LogP contribution in [-0.4, -0.2) is 55.3 Å². The van der Waals surface area contributed by atoms with E-state index in [1.165, 1.54) is 24.1 Å². The summed E-state index contributed by atoms with van der Waals surface area (Å²) in [5.41, 5.74) is 0.748. The van der Waals surface area contributed by atoms with Gasteiger partial charge in [0.2, 0.25) is 0 Å². The molecule has 1 aliphatic rings. The van der Waals surface area contributed by atoms with Crippen LogP contribution in [0, 0.1) is 6.92 Å². The smallest absolute Gasteiger partial charge is 0.387 e. The second-order valence-electron chi connectivity index (χ2n) is 5.30. The number of benzene rings is 1. The van der Waals surface area contributed by atoms with Gasteiger partial charge in [0.15, 0.2) is 0 Å². The van der Waals surface area contributed by atoms with Gasteiger partial charge in [0.25, 0.3) is 5.91 Å². The van der Waals surface area contributed by atoms with Crippen LogP contribution in [0.4, 0.5) is 14.5 Å². The monoisotopic (exact) mass is 356 g/mol. The molecule has 2 N–H and O–H groups in total. The summed E-state index contributed by atoms with van der Waals surface area (Å²) in [5, 5.41) is 11.7. The Labute approximate surface area is 142 Å². The van der Waals surface area contributed by atoms with Gasteiger partial charge in [0.05, 0.1) is 31.5 Å². The number of nitrogens with one attached hydrogen (secondary N) is 1. The molecule has 0 radical (unpaired) electrons. The summed E-state index contributed by atoms with van der Waals surface area (Å²) in [6, 6.07) is 4.50. The number of anilines is 1. The molecule has 0 saturated heterocycles. The van der Waals surface area contributed by atoms with Crippen LogP contribution in [0.3, 0.4) is 0 Å². The maximum absolute atomic E-state index is 12.6. The molecule has 0 aromatic heterocycles. The quantitative estimate of drug-likeness (QED) is 0.716. The van der Waals surface area contributed by atoms with Gasteiger partial charge < -0.3 is 24.8 Å². The molecular weight excluding hydrogens is 338 g/mol. The van der Waals surface area contributed by atoms with Crippen molar-refractivity contribution in [3.63, 3.8) is 0 Å². The number of esters is 1. The molecule has 2 rings (SSSR count). The van der Waals surface area contributed by atoms with Crippen molar-refractivity contribution >= 4 is 17.6 Å². The first kappa shape index (κ1) is 18.7. The third-order valence-electron chi connectivity index (χ3n) is 3.57. The van der Waals surface area contributed by atoms with E-state index in [-0.39, 0.29) is 42.4 Å². The van der Waals surface area contributed by atoms with Gasteiger partial charge in [0, 0.05) is 6.54 Å². The Kier molecular flexibility index (Phi) is 5.92. The lowest BCUT2D eigenvalue weighted by atomic mass is 10.2. The number of amides is 1. The van der Waals surface area contributed by atoms with Crippen molar-refractivity contribution in [1.82, 2.24) is 4.90 Å². The Balaban J connectivity index is 2.38. The zero-order valence-corrected chi connectivity index (χ0v) is 13.7. The summed E-state index contributed by atoms with van der Waals surface area (Å²) in [5.74, 6) is -1.42. The molecular formula is C16H18F2N2O5. The van der Waals surface area contributed by atoms with E-state index in [0.29, 0.717) is 5.56 Å². The predicted octanol–water partition coefficient (Wildman–Crippen LogP) is 1.27. The number of carbonyl (C=O) groups excluding carboxylic acids is 2. The van der Waals surface area contributed by atoms with Crippen molar-refractivity contribution in [2.24, 2.45) is 0 Å².